The van der Waals surface area contributed by atoms with Crippen molar-refractivity contribution in [3.05, 3.63) is 0 Å². The number of nitrogens with one attached hydrogen (secondary N) is 1. The van der Waals surface area contributed by atoms with E-state index in [1.54, 1.807) is 0 Å². The Bertz CT molecular complexity index is 338. The predicted octanol–water partition coefficient (Wildman–Crippen LogP) is 3.16. The summed E-state index contributed by atoms with van der Waals surface area (Å²) in [7, 11) is 2.05. The van der Waals surface area contributed by atoms with Crippen LogP contribution in [0.5, 0.6) is 0 Å². The smallest absolute Gasteiger partial charge is 0.410 e. The Morgan fingerprint density at radius 3 is 2.55 bits per heavy atom. The number of carbonyl (C=O) groups excluding carboxylic acids is 1. The summed E-state index contributed by atoms with van der Waals surface area (Å²) in [5.74, 6) is 0.591. The molecule has 0 aromatic rings. The van der Waals surface area contributed by atoms with E-state index in [0.29, 0.717) is 18.0 Å². The molecule has 3 unspecified atom stereocenters. The zero-order valence-electron chi connectivity index (χ0n) is 13.4. The van der Waals surface area contributed by atoms with Crippen LogP contribution in [0.3, 0.4) is 0 Å². The fourth-order valence-electron chi connectivity index (χ4n) is 3.76. The molecule has 0 radical (unpaired) electrons. The Hall–Kier alpha value is -0.770. The highest BCUT2D eigenvalue weighted by Crippen LogP contribution is 2.35. The number of hydrogen-bond donors (Lipinski definition) is 1. The average molecular weight is 282 g/mol. The highest BCUT2D eigenvalue weighted by molar-refractivity contribution is 5.68. The number of ether oxygens (including phenoxy) is 1. The largest absolute Gasteiger partial charge is 0.444 e. The minimum atomic E-state index is -0.406. The monoisotopic (exact) mass is 282 g/mol. The second kappa shape index (κ2) is 6.33. The zero-order chi connectivity index (χ0) is 14.8. The van der Waals surface area contributed by atoms with Gasteiger partial charge in [-0.05, 0) is 65.8 Å². The van der Waals surface area contributed by atoms with Crippen LogP contribution in [0.4, 0.5) is 4.79 Å². The maximum Gasteiger partial charge on any atom is 0.410 e. The molecular weight excluding hydrogens is 252 g/mol. The van der Waals surface area contributed by atoms with Gasteiger partial charge in [0.1, 0.15) is 5.60 Å². The van der Waals surface area contributed by atoms with Gasteiger partial charge in [0.05, 0.1) is 0 Å². The summed E-state index contributed by atoms with van der Waals surface area (Å²) in [6.45, 7) is 6.67. The van der Waals surface area contributed by atoms with E-state index in [-0.39, 0.29) is 6.09 Å². The third kappa shape index (κ3) is 3.66. The van der Waals surface area contributed by atoms with E-state index >= 15 is 0 Å². The second-order valence-electron chi connectivity index (χ2n) is 7.23. The molecular formula is C16H30N2O2. The molecule has 0 bridgehead atoms. The van der Waals surface area contributed by atoms with Gasteiger partial charge in [0.2, 0.25) is 0 Å². The molecule has 1 saturated heterocycles. The molecule has 4 nitrogen and oxygen atoms in total. The van der Waals surface area contributed by atoms with Crippen LogP contribution in [-0.2, 0) is 4.74 Å². The topological polar surface area (TPSA) is 41.6 Å². The Kier molecular flexibility index (Phi) is 4.95. The van der Waals surface area contributed by atoms with E-state index in [1.165, 1.54) is 25.7 Å². The molecule has 1 amide bonds. The molecule has 3 atom stereocenters. The lowest BCUT2D eigenvalue weighted by atomic mass is 9.87. The van der Waals surface area contributed by atoms with Crippen molar-refractivity contribution in [3.8, 4) is 0 Å². The Morgan fingerprint density at radius 1 is 1.15 bits per heavy atom. The van der Waals surface area contributed by atoms with Crippen LogP contribution in [0.1, 0.15) is 59.3 Å². The van der Waals surface area contributed by atoms with Gasteiger partial charge in [0.15, 0.2) is 0 Å². The lowest BCUT2D eigenvalue weighted by Crippen LogP contribution is -2.52. The molecule has 2 aliphatic rings. The van der Waals surface area contributed by atoms with Gasteiger partial charge < -0.3 is 15.0 Å². The number of hydrogen-bond acceptors (Lipinski definition) is 3. The second-order valence-corrected chi connectivity index (χ2v) is 7.23. The number of amides is 1. The van der Waals surface area contributed by atoms with Crippen LogP contribution >= 0.6 is 0 Å². The van der Waals surface area contributed by atoms with E-state index in [9.17, 15) is 4.79 Å². The van der Waals surface area contributed by atoms with Crippen LogP contribution in [0, 0.1) is 5.92 Å². The zero-order valence-corrected chi connectivity index (χ0v) is 13.4. The van der Waals surface area contributed by atoms with Crippen molar-refractivity contribution in [1.82, 2.24) is 10.2 Å². The molecule has 0 aromatic carbocycles. The first kappa shape index (κ1) is 15.6. The summed E-state index contributed by atoms with van der Waals surface area (Å²) in [6, 6.07) is 0.918. The quantitative estimate of drug-likeness (QED) is 0.846. The van der Waals surface area contributed by atoms with E-state index in [1.807, 2.05) is 32.7 Å². The van der Waals surface area contributed by atoms with Crippen LogP contribution in [0.2, 0.25) is 0 Å². The van der Waals surface area contributed by atoms with Gasteiger partial charge in [-0.15, -0.1) is 0 Å². The Morgan fingerprint density at radius 2 is 1.90 bits per heavy atom. The van der Waals surface area contributed by atoms with Crippen LogP contribution in [0.25, 0.3) is 0 Å². The number of piperidine rings is 1. The Balaban J connectivity index is 2.07. The van der Waals surface area contributed by atoms with Gasteiger partial charge in [-0.25, -0.2) is 4.79 Å². The molecule has 1 N–H and O–H groups in total. The van der Waals surface area contributed by atoms with Gasteiger partial charge in [-0.3, -0.25) is 0 Å². The van der Waals surface area contributed by atoms with Crippen molar-refractivity contribution in [1.29, 1.82) is 0 Å². The number of carbonyl (C=O) groups is 1. The van der Waals surface area contributed by atoms with Gasteiger partial charge in [-0.2, -0.15) is 0 Å². The summed E-state index contributed by atoms with van der Waals surface area (Å²) < 4.78 is 5.60. The molecule has 2 fully saturated rings. The normalized spacial score (nSPS) is 31.4. The molecule has 0 spiro atoms. The minimum Gasteiger partial charge on any atom is -0.444 e. The molecule has 1 heterocycles. The third-order valence-electron chi connectivity index (χ3n) is 4.61. The maximum absolute atomic E-state index is 12.5. The average Bonchev–Trinajstić information content (AvgIpc) is 2.84. The van der Waals surface area contributed by atoms with Crippen molar-refractivity contribution in [3.63, 3.8) is 0 Å². The van der Waals surface area contributed by atoms with Crippen molar-refractivity contribution in [2.45, 2.75) is 77.0 Å². The lowest BCUT2D eigenvalue weighted by molar-refractivity contribution is 0.0000956. The predicted molar refractivity (Wildman–Crippen MR) is 80.8 cm³/mol. The van der Waals surface area contributed by atoms with Crippen LogP contribution in [-0.4, -0.2) is 42.3 Å². The van der Waals surface area contributed by atoms with Crippen LogP contribution < -0.4 is 5.32 Å². The highest BCUT2D eigenvalue weighted by atomic mass is 16.6. The van der Waals surface area contributed by atoms with Gasteiger partial charge in [0.25, 0.3) is 0 Å². The number of likely N-dealkylation sites (tertiary alicyclic amines) is 1. The Labute approximate surface area is 123 Å². The lowest BCUT2D eigenvalue weighted by Gasteiger charge is -2.41. The summed E-state index contributed by atoms with van der Waals surface area (Å²) in [6.07, 6.45) is 7.08. The molecule has 1 saturated carbocycles. The van der Waals surface area contributed by atoms with E-state index in [0.717, 1.165) is 19.4 Å². The minimum absolute atomic E-state index is 0.121. The maximum atomic E-state index is 12.5. The highest BCUT2D eigenvalue weighted by Gasteiger charge is 2.40. The first-order valence-electron chi connectivity index (χ1n) is 8.09. The molecule has 4 heteroatoms. The number of rotatable bonds is 2. The van der Waals surface area contributed by atoms with Crippen molar-refractivity contribution in [2.75, 3.05) is 13.6 Å². The third-order valence-corrected chi connectivity index (χ3v) is 4.61. The fourth-order valence-corrected chi connectivity index (χ4v) is 3.76. The van der Waals surface area contributed by atoms with Crippen molar-refractivity contribution in [2.24, 2.45) is 5.92 Å². The molecule has 1 aliphatic heterocycles. The standard InChI is InChI=1S/C16H30N2O2/c1-16(2,3)20-15(19)18-11-6-5-10-14(18)12-8-7-9-13(12)17-4/h12-14,17H,5-11H2,1-4H3. The summed E-state index contributed by atoms with van der Waals surface area (Å²) in [4.78, 5) is 14.5. The summed E-state index contributed by atoms with van der Waals surface area (Å²) >= 11 is 0. The first-order chi connectivity index (χ1) is 9.42. The van der Waals surface area contributed by atoms with E-state index in [4.69, 9.17) is 4.74 Å². The van der Waals surface area contributed by atoms with Gasteiger partial charge >= 0.3 is 6.09 Å². The molecule has 1 aliphatic carbocycles. The van der Waals surface area contributed by atoms with Crippen LogP contribution in [0.15, 0.2) is 0 Å². The molecule has 116 valence electrons. The molecule has 0 aromatic heterocycles. The summed E-state index contributed by atoms with van der Waals surface area (Å²) in [5.41, 5.74) is -0.406. The summed E-state index contributed by atoms with van der Waals surface area (Å²) in [5, 5.41) is 3.44. The SMILES string of the molecule is CNC1CCCC1C1CCCCN1C(=O)OC(C)(C)C. The van der Waals surface area contributed by atoms with E-state index in [2.05, 4.69) is 5.32 Å². The van der Waals surface area contributed by atoms with Gasteiger partial charge in [-0.1, -0.05) is 6.42 Å². The van der Waals surface area contributed by atoms with E-state index < -0.39 is 5.60 Å². The molecule has 20 heavy (non-hydrogen) atoms. The fraction of sp³-hybridized carbons (Fsp3) is 0.938. The van der Waals surface area contributed by atoms with Crippen molar-refractivity contribution < 1.29 is 9.53 Å². The first-order valence-corrected chi connectivity index (χ1v) is 8.09. The van der Waals surface area contributed by atoms with Gasteiger partial charge in [0, 0.05) is 18.6 Å². The number of nitrogens with zero attached hydrogens (tertiary/aromatic N) is 1. The van der Waals surface area contributed by atoms with Crippen molar-refractivity contribution >= 4 is 6.09 Å². The molecule has 2 rings (SSSR count).